The van der Waals surface area contributed by atoms with Gasteiger partial charge in [0, 0.05) is 30.9 Å². The molecule has 3 unspecified atom stereocenters. The molecule has 1 saturated carbocycles. The molecule has 0 bridgehead atoms. The van der Waals surface area contributed by atoms with Crippen molar-refractivity contribution in [2.75, 3.05) is 20.8 Å². The molecule has 4 aliphatic rings. The molecule has 3 fully saturated rings. The van der Waals surface area contributed by atoms with Crippen molar-refractivity contribution in [3.05, 3.63) is 144 Å². The van der Waals surface area contributed by atoms with Crippen LogP contribution in [0.2, 0.25) is 0 Å². The van der Waals surface area contributed by atoms with Crippen molar-refractivity contribution >= 4 is 35.3 Å². The molecule has 4 heterocycles. The van der Waals surface area contributed by atoms with Crippen LogP contribution in [0.5, 0.6) is 0 Å². The van der Waals surface area contributed by atoms with E-state index >= 15 is 0 Å². The molecule has 0 radical (unpaired) electrons. The maximum atomic E-state index is 14.6. The smallest absolute Gasteiger partial charge is 0.407 e. The molecule has 5 aromatic rings. The fourth-order valence-electron chi connectivity index (χ4n) is 10.1. The van der Waals surface area contributed by atoms with Gasteiger partial charge in [0.25, 0.3) is 11.8 Å². The third-order valence-corrected chi connectivity index (χ3v) is 13.4. The molecule has 1 aromatic heterocycles. The second kappa shape index (κ2) is 18.8. The number of carbonyl (C=O) groups excluding carboxylic acids is 4. The van der Waals surface area contributed by atoms with Crippen LogP contribution in [0.15, 0.2) is 127 Å². The Kier molecular flexibility index (Phi) is 12.4. The standard InChI is InChI=1S/C51H53N7O6/c1-63-50(61)55-45(36-12-5-3-6-13-36)48(59)57-27-11-18-43(57)47-53-31-41(54-47)35-25-23-33(24-26-35)32-19-21-34(22-20-32)39-28-40(52-30-39)44-29-38-16-9-10-17-42(38)58(44)49(60)46(56-51(62)64-2)37-14-7-4-8-15-37/h3-8,12-15,19-26,30-31,38,42-46H,9-11,16-18,27-29H2,1-2H3,(H,53,54)(H,55,61)(H,56,62)/t38?,42?,43?,44-,45+,46+/m0/s1. The molecular formula is C51H53N7O6. The van der Waals surface area contributed by atoms with Crippen molar-refractivity contribution in [3.8, 4) is 22.4 Å². The summed E-state index contributed by atoms with van der Waals surface area (Å²) in [6.07, 6.45) is 9.81. The van der Waals surface area contributed by atoms with E-state index in [0.29, 0.717) is 30.3 Å². The molecule has 3 N–H and O–H groups in total. The fourth-order valence-corrected chi connectivity index (χ4v) is 10.1. The van der Waals surface area contributed by atoms with Crippen LogP contribution in [-0.4, -0.2) is 82.3 Å². The summed E-state index contributed by atoms with van der Waals surface area (Å²) in [6.45, 7) is 0.554. The van der Waals surface area contributed by atoms with E-state index < -0.39 is 24.3 Å². The van der Waals surface area contributed by atoms with Crippen LogP contribution in [0.1, 0.15) is 92.0 Å². The Labute approximate surface area is 373 Å². The van der Waals surface area contributed by atoms with E-state index in [1.165, 1.54) is 14.2 Å². The number of ether oxygens (including phenoxy) is 2. The van der Waals surface area contributed by atoms with Crippen molar-refractivity contribution in [3.63, 3.8) is 0 Å². The predicted octanol–water partition coefficient (Wildman–Crippen LogP) is 8.95. The number of aromatic nitrogens is 2. The lowest BCUT2D eigenvalue weighted by Gasteiger charge is -2.36. The quantitative estimate of drug-likeness (QED) is 0.120. The predicted molar refractivity (Wildman–Crippen MR) is 244 cm³/mol. The van der Waals surface area contributed by atoms with Crippen LogP contribution in [0.3, 0.4) is 0 Å². The highest BCUT2D eigenvalue weighted by Gasteiger charge is 2.48. The van der Waals surface area contributed by atoms with Crippen LogP contribution in [0.25, 0.3) is 28.0 Å². The first-order chi connectivity index (χ1) is 31.3. The van der Waals surface area contributed by atoms with E-state index in [4.69, 9.17) is 19.5 Å². The number of amides is 4. The molecular weight excluding hydrogens is 807 g/mol. The number of imidazole rings is 1. The zero-order valence-corrected chi connectivity index (χ0v) is 36.1. The van der Waals surface area contributed by atoms with E-state index in [9.17, 15) is 19.2 Å². The average molecular weight is 860 g/mol. The van der Waals surface area contributed by atoms with Gasteiger partial charge in [0.2, 0.25) is 0 Å². The van der Waals surface area contributed by atoms with E-state index in [-0.39, 0.29) is 29.9 Å². The molecule has 328 valence electrons. The minimum atomic E-state index is -0.881. The molecule has 64 heavy (non-hydrogen) atoms. The summed E-state index contributed by atoms with van der Waals surface area (Å²) in [5, 5.41) is 5.55. The number of fused-ring (bicyclic) bond motifs is 1. The molecule has 3 aliphatic heterocycles. The minimum absolute atomic E-state index is 0.106. The lowest BCUT2D eigenvalue weighted by Crippen LogP contribution is -2.51. The van der Waals surface area contributed by atoms with Gasteiger partial charge in [-0.1, -0.05) is 122 Å². The number of benzene rings is 4. The monoisotopic (exact) mass is 859 g/mol. The molecule has 13 heteroatoms. The first-order valence-electron chi connectivity index (χ1n) is 22.2. The highest BCUT2D eigenvalue weighted by Crippen LogP contribution is 2.43. The Balaban J connectivity index is 0.859. The molecule has 9 rings (SSSR count). The number of aliphatic imine (C=N–C) groups is 1. The molecule has 2 saturated heterocycles. The number of aromatic amines is 1. The van der Waals surface area contributed by atoms with E-state index in [1.54, 1.807) is 4.90 Å². The minimum Gasteiger partial charge on any atom is -0.453 e. The normalized spacial score (nSPS) is 21.3. The summed E-state index contributed by atoms with van der Waals surface area (Å²) in [5.74, 6) is 0.774. The second-order valence-electron chi connectivity index (χ2n) is 17.0. The van der Waals surface area contributed by atoms with Crippen LogP contribution in [0, 0.1) is 5.92 Å². The van der Waals surface area contributed by atoms with Crippen LogP contribution >= 0.6 is 0 Å². The Morgan fingerprint density at radius 3 is 1.88 bits per heavy atom. The van der Waals surface area contributed by atoms with Gasteiger partial charge in [-0.25, -0.2) is 14.6 Å². The van der Waals surface area contributed by atoms with Gasteiger partial charge in [-0.3, -0.25) is 14.6 Å². The van der Waals surface area contributed by atoms with Crippen LogP contribution < -0.4 is 10.6 Å². The highest BCUT2D eigenvalue weighted by molar-refractivity contribution is 6.04. The topological polar surface area (TPSA) is 158 Å². The number of nitrogens with one attached hydrogen (secondary N) is 3. The van der Waals surface area contributed by atoms with Gasteiger partial charge < -0.3 is 34.9 Å². The number of allylic oxidation sites excluding steroid dienone is 1. The highest BCUT2D eigenvalue weighted by atomic mass is 16.5. The van der Waals surface area contributed by atoms with Gasteiger partial charge in [-0.15, -0.1) is 0 Å². The number of alkyl carbamates (subject to hydrolysis) is 2. The van der Waals surface area contributed by atoms with Crippen molar-refractivity contribution in [1.29, 1.82) is 0 Å². The van der Waals surface area contributed by atoms with E-state index in [0.717, 1.165) is 89.7 Å². The second-order valence-corrected chi connectivity index (χ2v) is 17.0. The summed E-state index contributed by atoms with van der Waals surface area (Å²) in [5.41, 5.74) is 8.56. The Morgan fingerprint density at radius 2 is 1.25 bits per heavy atom. The Bertz CT molecular complexity index is 2540. The van der Waals surface area contributed by atoms with Gasteiger partial charge in [-0.2, -0.15) is 0 Å². The first kappa shape index (κ1) is 42.3. The number of carbonyl (C=O) groups is 4. The molecule has 4 aromatic carbocycles. The van der Waals surface area contributed by atoms with Crippen LogP contribution in [0.4, 0.5) is 9.59 Å². The zero-order chi connectivity index (χ0) is 44.2. The van der Waals surface area contributed by atoms with E-state index in [2.05, 4.69) is 64.1 Å². The van der Waals surface area contributed by atoms with Gasteiger partial charge in [0.1, 0.15) is 17.9 Å². The Hall–Kier alpha value is -7.02. The van der Waals surface area contributed by atoms with Gasteiger partial charge >= 0.3 is 12.2 Å². The van der Waals surface area contributed by atoms with E-state index in [1.807, 2.05) is 78.0 Å². The summed E-state index contributed by atoms with van der Waals surface area (Å²) < 4.78 is 9.79. The Morgan fingerprint density at radius 1 is 0.672 bits per heavy atom. The van der Waals surface area contributed by atoms with Crippen molar-refractivity contribution in [2.24, 2.45) is 10.9 Å². The number of rotatable bonds is 11. The third kappa shape index (κ3) is 8.66. The number of methoxy groups -OCH3 is 2. The molecule has 6 atom stereocenters. The third-order valence-electron chi connectivity index (χ3n) is 13.4. The van der Waals surface area contributed by atoms with Crippen molar-refractivity contribution < 1.29 is 28.7 Å². The lowest BCUT2D eigenvalue weighted by atomic mass is 9.84. The fraction of sp³-hybridized carbons (Fsp3) is 0.333. The number of nitrogens with zero attached hydrogens (tertiary/aromatic N) is 4. The first-order valence-corrected chi connectivity index (χ1v) is 22.2. The molecule has 1 aliphatic carbocycles. The summed E-state index contributed by atoms with van der Waals surface area (Å²) >= 11 is 0. The number of hydrogen-bond acceptors (Lipinski definition) is 8. The molecule has 4 amide bonds. The SMILES string of the molecule is COC(=O)N[C@@H](C(=O)N1CCCC1c1ncc(-c2ccc(-c3ccc(C4=CN=C([C@@H]5CC6CCCCC6N5C(=O)[C@H](NC(=O)OC)c5ccccc5)C4)cc3)cc2)[nH]1)c1ccccc1. The lowest BCUT2D eigenvalue weighted by molar-refractivity contribution is -0.136. The van der Waals surface area contributed by atoms with Gasteiger partial charge in [0.05, 0.1) is 38.2 Å². The summed E-state index contributed by atoms with van der Waals surface area (Å²) in [4.78, 5) is 70.3. The van der Waals surface area contributed by atoms with Gasteiger partial charge in [0.15, 0.2) is 0 Å². The average Bonchev–Trinajstić information content (AvgIpc) is 4.19. The number of H-pyrrole nitrogens is 1. The maximum absolute atomic E-state index is 14.6. The van der Waals surface area contributed by atoms with Crippen molar-refractivity contribution in [2.45, 2.75) is 81.6 Å². The molecule has 13 nitrogen and oxygen atoms in total. The maximum Gasteiger partial charge on any atom is 0.407 e. The van der Waals surface area contributed by atoms with Crippen molar-refractivity contribution in [1.82, 2.24) is 30.4 Å². The zero-order valence-electron chi connectivity index (χ0n) is 36.1. The number of hydrogen-bond donors (Lipinski definition) is 3. The van der Waals surface area contributed by atoms with Gasteiger partial charge in [-0.05, 0) is 77.0 Å². The summed E-state index contributed by atoms with van der Waals surface area (Å²) in [7, 11) is 2.60. The largest absolute Gasteiger partial charge is 0.453 e. The summed E-state index contributed by atoms with van der Waals surface area (Å²) in [6, 6.07) is 33.4. The molecule has 0 spiro atoms. The number of likely N-dealkylation sites (tertiary alicyclic amines) is 2. The van der Waals surface area contributed by atoms with Crippen LogP contribution in [-0.2, 0) is 19.1 Å².